The molecular formula is C12H17ClN2O3. The van der Waals surface area contributed by atoms with Crippen molar-refractivity contribution >= 4 is 24.3 Å². The fourth-order valence-corrected chi connectivity index (χ4v) is 1.22. The second-order valence-electron chi connectivity index (χ2n) is 3.60. The first kappa shape index (κ1) is 16.4. The van der Waals surface area contributed by atoms with E-state index < -0.39 is 5.97 Å². The summed E-state index contributed by atoms with van der Waals surface area (Å²) in [4.78, 5) is 23.7. The van der Waals surface area contributed by atoms with Crippen molar-refractivity contribution in [2.45, 2.75) is 6.61 Å². The Balaban J connectivity index is 0.00000289. The predicted octanol–water partition coefficient (Wildman–Crippen LogP) is 0.569. The molecule has 0 heterocycles. The van der Waals surface area contributed by atoms with Gasteiger partial charge in [-0.25, -0.2) is 0 Å². The summed E-state index contributed by atoms with van der Waals surface area (Å²) >= 11 is 0. The van der Waals surface area contributed by atoms with E-state index in [0.717, 1.165) is 5.56 Å². The predicted molar refractivity (Wildman–Crippen MR) is 70.2 cm³/mol. The van der Waals surface area contributed by atoms with E-state index in [1.165, 1.54) is 11.9 Å². The van der Waals surface area contributed by atoms with Gasteiger partial charge < -0.3 is 15.4 Å². The minimum absolute atomic E-state index is 0. The number of hydrogen-bond acceptors (Lipinski definition) is 4. The molecule has 0 aliphatic carbocycles. The third-order valence-electron chi connectivity index (χ3n) is 2.21. The van der Waals surface area contributed by atoms with Crippen LogP contribution in [-0.4, -0.2) is 36.9 Å². The number of ether oxygens (including phenoxy) is 1. The molecule has 2 N–H and O–H groups in total. The summed E-state index contributed by atoms with van der Waals surface area (Å²) in [6, 6.07) is 9.35. The van der Waals surface area contributed by atoms with Crippen LogP contribution in [0.1, 0.15) is 5.56 Å². The molecule has 5 nitrogen and oxygen atoms in total. The Labute approximate surface area is 112 Å². The third-order valence-corrected chi connectivity index (χ3v) is 2.21. The number of carbonyl (C=O) groups is 2. The first-order chi connectivity index (χ1) is 8.13. The van der Waals surface area contributed by atoms with Gasteiger partial charge in [0.1, 0.15) is 13.2 Å². The van der Waals surface area contributed by atoms with Crippen molar-refractivity contribution in [3.63, 3.8) is 0 Å². The Morgan fingerprint density at radius 3 is 2.44 bits per heavy atom. The maximum Gasteiger partial charge on any atom is 0.325 e. The minimum atomic E-state index is -0.446. The number of benzene rings is 1. The number of carbonyl (C=O) groups excluding carboxylic acids is 2. The number of likely N-dealkylation sites (N-methyl/N-ethyl adjacent to an activating group) is 1. The summed E-state index contributed by atoms with van der Waals surface area (Å²) < 4.78 is 5.02. The van der Waals surface area contributed by atoms with Gasteiger partial charge in [0.15, 0.2) is 0 Å². The molecule has 1 aromatic rings. The number of amides is 1. The molecule has 100 valence electrons. The zero-order valence-corrected chi connectivity index (χ0v) is 11.0. The van der Waals surface area contributed by atoms with Gasteiger partial charge in [0.25, 0.3) is 0 Å². The van der Waals surface area contributed by atoms with E-state index in [9.17, 15) is 9.59 Å². The van der Waals surface area contributed by atoms with E-state index in [2.05, 4.69) is 0 Å². The molecule has 0 fully saturated rings. The van der Waals surface area contributed by atoms with Gasteiger partial charge in [0.05, 0.1) is 6.54 Å². The number of esters is 1. The quantitative estimate of drug-likeness (QED) is 0.796. The van der Waals surface area contributed by atoms with Gasteiger partial charge in [-0.2, -0.15) is 0 Å². The second-order valence-corrected chi connectivity index (χ2v) is 3.60. The van der Waals surface area contributed by atoms with Crippen LogP contribution in [0.5, 0.6) is 0 Å². The van der Waals surface area contributed by atoms with Crippen molar-refractivity contribution in [1.82, 2.24) is 4.90 Å². The average molecular weight is 273 g/mol. The summed E-state index contributed by atoms with van der Waals surface area (Å²) in [5, 5.41) is 0. The van der Waals surface area contributed by atoms with Gasteiger partial charge in [0, 0.05) is 7.05 Å². The molecule has 0 saturated carbocycles. The molecule has 0 spiro atoms. The van der Waals surface area contributed by atoms with Crippen LogP contribution >= 0.6 is 12.4 Å². The topological polar surface area (TPSA) is 72.6 Å². The zero-order chi connectivity index (χ0) is 12.7. The summed E-state index contributed by atoms with van der Waals surface area (Å²) in [6.45, 7) is 0.0235. The Hall–Kier alpha value is -1.59. The average Bonchev–Trinajstić information content (AvgIpc) is 2.36. The van der Waals surface area contributed by atoms with Crippen molar-refractivity contribution in [2.24, 2.45) is 5.73 Å². The van der Waals surface area contributed by atoms with Crippen molar-refractivity contribution in [3.8, 4) is 0 Å². The Morgan fingerprint density at radius 1 is 1.28 bits per heavy atom. The van der Waals surface area contributed by atoms with Crippen molar-refractivity contribution in [2.75, 3.05) is 20.1 Å². The molecule has 0 bridgehead atoms. The molecular weight excluding hydrogens is 256 g/mol. The first-order valence-electron chi connectivity index (χ1n) is 5.27. The fraction of sp³-hybridized carbons (Fsp3) is 0.333. The molecule has 1 rings (SSSR count). The van der Waals surface area contributed by atoms with Crippen LogP contribution in [0.4, 0.5) is 0 Å². The molecule has 6 heteroatoms. The second kappa shape index (κ2) is 8.49. The molecule has 0 aliphatic heterocycles. The molecule has 0 aliphatic rings. The lowest BCUT2D eigenvalue weighted by Gasteiger charge is -2.14. The van der Waals surface area contributed by atoms with Crippen LogP contribution in [0.15, 0.2) is 30.3 Å². The number of nitrogens with zero attached hydrogens (tertiary/aromatic N) is 1. The number of halogens is 1. The minimum Gasteiger partial charge on any atom is -0.459 e. The van der Waals surface area contributed by atoms with E-state index in [1.807, 2.05) is 30.3 Å². The number of rotatable bonds is 5. The van der Waals surface area contributed by atoms with E-state index in [0.29, 0.717) is 0 Å². The van der Waals surface area contributed by atoms with E-state index in [1.54, 1.807) is 0 Å². The normalized spacial score (nSPS) is 9.22. The van der Waals surface area contributed by atoms with Crippen LogP contribution in [0, 0.1) is 0 Å². The molecule has 18 heavy (non-hydrogen) atoms. The van der Waals surface area contributed by atoms with Crippen LogP contribution in [-0.2, 0) is 20.9 Å². The lowest BCUT2D eigenvalue weighted by Crippen LogP contribution is -2.37. The molecule has 0 unspecified atom stereocenters. The van der Waals surface area contributed by atoms with Crippen molar-refractivity contribution in [3.05, 3.63) is 35.9 Å². The van der Waals surface area contributed by atoms with E-state index in [4.69, 9.17) is 10.5 Å². The van der Waals surface area contributed by atoms with Gasteiger partial charge in [-0.05, 0) is 5.56 Å². The Kier molecular flexibility index (Phi) is 7.74. The molecule has 0 atom stereocenters. The number of nitrogens with two attached hydrogens (primary N) is 1. The van der Waals surface area contributed by atoms with Crippen LogP contribution in [0.25, 0.3) is 0 Å². The van der Waals surface area contributed by atoms with Gasteiger partial charge in [-0.1, -0.05) is 30.3 Å². The van der Waals surface area contributed by atoms with Gasteiger partial charge in [-0.3, -0.25) is 9.59 Å². The molecule has 1 amide bonds. The van der Waals surface area contributed by atoms with Gasteiger partial charge >= 0.3 is 5.97 Å². The number of hydrogen-bond donors (Lipinski definition) is 1. The highest BCUT2D eigenvalue weighted by atomic mass is 35.5. The highest BCUT2D eigenvalue weighted by Crippen LogP contribution is 2.00. The van der Waals surface area contributed by atoms with E-state index in [-0.39, 0.29) is 38.0 Å². The lowest BCUT2D eigenvalue weighted by atomic mass is 10.2. The summed E-state index contributed by atoms with van der Waals surface area (Å²) in [5.74, 6) is -0.736. The maximum atomic E-state index is 11.4. The van der Waals surface area contributed by atoms with Crippen molar-refractivity contribution in [1.29, 1.82) is 0 Å². The molecule has 0 aromatic heterocycles. The Morgan fingerprint density at radius 2 is 1.89 bits per heavy atom. The van der Waals surface area contributed by atoms with Crippen LogP contribution in [0.3, 0.4) is 0 Å². The maximum absolute atomic E-state index is 11.4. The molecule has 1 aromatic carbocycles. The standard InChI is InChI=1S/C12H16N2O3.ClH/c1-14(11(15)7-13)8-12(16)17-9-10-5-3-2-4-6-10;/h2-6H,7-9,13H2,1H3;1H. The smallest absolute Gasteiger partial charge is 0.325 e. The highest BCUT2D eigenvalue weighted by Gasteiger charge is 2.12. The zero-order valence-electron chi connectivity index (χ0n) is 10.2. The SMILES string of the molecule is CN(CC(=O)OCc1ccccc1)C(=O)CN.Cl. The lowest BCUT2D eigenvalue weighted by molar-refractivity contribution is -0.149. The van der Waals surface area contributed by atoms with Gasteiger partial charge in [-0.15, -0.1) is 12.4 Å². The molecule has 0 saturated heterocycles. The third kappa shape index (κ3) is 5.65. The first-order valence-corrected chi connectivity index (χ1v) is 5.27. The fourth-order valence-electron chi connectivity index (χ4n) is 1.22. The largest absolute Gasteiger partial charge is 0.459 e. The van der Waals surface area contributed by atoms with E-state index >= 15 is 0 Å². The monoisotopic (exact) mass is 272 g/mol. The van der Waals surface area contributed by atoms with Crippen LogP contribution in [0.2, 0.25) is 0 Å². The molecule has 0 radical (unpaired) electrons. The summed E-state index contributed by atoms with van der Waals surface area (Å²) in [5.41, 5.74) is 6.08. The summed E-state index contributed by atoms with van der Waals surface area (Å²) in [7, 11) is 1.51. The summed E-state index contributed by atoms with van der Waals surface area (Å²) in [6.07, 6.45) is 0. The Bertz CT molecular complexity index is 384. The van der Waals surface area contributed by atoms with Gasteiger partial charge in [0.2, 0.25) is 5.91 Å². The van der Waals surface area contributed by atoms with Crippen molar-refractivity contribution < 1.29 is 14.3 Å². The van der Waals surface area contributed by atoms with Crippen LogP contribution < -0.4 is 5.73 Å². The highest BCUT2D eigenvalue weighted by molar-refractivity contribution is 5.85.